The van der Waals surface area contributed by atoms with Crippen LogP contribution in [0, 0.1) is 6.92 Å². The van der Waals surface area contributed by atoms with Crippen molar-refractivity contribution in [1.82, 2.24) is 4.98 Å². The van der Waals surface area contributed by atoms with Gasteiger partial charge >= 0.3 is 0 Å². The Balaban J connectivity index is 1.77. The molecule has 2 aromatic carbocycles. The lowest BCUT2D eigenvalue weighted by Gasteiger charge is -2.24. The number of fused-ring (bicyclic) bond motifs is 2. The van der Waals surface area contributed by atoms with Crippen LogP contribution in [0.5, 0.6) is 0 Å². The smallest absolute Gasteiger partial charge is 0.275 e. The number of benzene rings is 2. The molecule has 0 aliphatic carbocycles. The normalized spacial score (nSPS) is 15.9. The second-order valence-electron chi connectivity index (χ2n) is 7.23. The molecule has 1 aliphatic rings. The van der Waals surface area contributed by atoms with Crippen LogP contribution in [0.25, 0.3) is 10.9 Å². The average molecular weight is 383 g/mol. The highest BCUT2D eigenvalue weighted by Crippen LogP contribution is 2.38. The summed E-state index contributed by atoms with van der Waals surface area (Å²) >= 11 is 0. The number of nitrogens with one attached hydrogen (secondary N) is 1. The van der Waals surface area contributed by atoms with Crippen LogP contribution in [0.4, 0.5) is 20.3 Å². The van der Waals surface area contributed by atoms with E-state index in [0.717, 1.165) is 22.2 Å². The number of hydrogen-bond acceptors (Lipinski definition) is 4. The molecular formula is C22H23F2N3O. The quantitative estimate of drug-likeness (QED) is 0.699. The summed E-state index contributed by atoms with van der Waals surface area (Å²) in [4.78, 5) is 6.66. The van der Waals surface area contributed by atoms with Crippen molar-refractivity contribution in [3.8, 4) is 0 Å². The zero-order valence-corrected chi connectivity index (χ0v) is 15.8. The highest BCUT2D eigenvalue weighted by Gasteiger charge is 2.37. The first kappa shape index (κ1) is 18.6. The van der Waals surface area contributed by atoms with E-state index in [-0.39, 0.29) is 25.1 Å². The molecule has 0 unspecified atom stereocenters. The first-order valence-electron chi connectivity index (χ1n) is 9.45. The minimum Gasteiger partial charge on any atom is -0.395 e. The van der Waals surface area contributed by atoms with E-state index in [9.17, 15) is 13.9 Å². The van der Waals surface area contributed by atoms with E-state index >= 15 is 0 Å². The minimum atomic E-state index is -2.85. The van der Waals surface area contributed by atoms with Gasteiger partial charge in [0.1, 0.15) is 5.82 Å². The summed E-state index contributed by atoms with van der Waals surface area (Å²) in [5.41, 5.74) is 3.49. The van der Waals surface area contributed by atoms with Crippen LogP contribution in [0.1, 0.15) is 23.1 Å². The number of rotatable bonds is 4. The van der Waals surface area contributed by atoms with Gasteiger partial charge in [-0.05, 0) is 24.6 Å². The molecule has 6 heteroatoms. The number of aryl methyl sites for hydroxylation is 1. The lowest BCUT2D eigenvalue weighted by Crippen LogP contribution is -2.25. The number of nitrogens with zero attached hydrogens (tertiary/aromatic N) is 2. The standard InChI is InChI=1S/C22H23F2N3O/c1-15-6-7-19-17(12-15)20(25-9-11-28)13-21(26-19)27-10-8-22(23,24)18-5-3-2-4-16(18)14-27/h2-7,12-13,28H,8-11,14H2,1H3,(H,25,26). The Kier molecular flexibility index (Phi) is 4.89. The molecule has 1 aromatic heterocycles. The van der Waals surface area contributed by atoms with Crippen molar-refractivity contribution in [2.24, 2.45) is 0 Å². The zero-order chi connectivity index (χ0) is 19.7. The van der Waals surface area contributed by atoms with E-state index in [4.69, 9.17) is 4.98 Å². The molecule has 28 heavy (non-hydrogen) atoms. The summed E-state index contributed by atoms with van der Waals surface area (Å²) in [6.07, 6.45) is -0.253. The summed E-state index contributed by atoms with van der Waals surface area (Å²) in [6, 6.07) is 14.6. The predicted octanol–water partition coefficient (Wildman–Crippen LogP) is 4.45. The molecule has 0 bridgehead atoms. The molecule has 4 rings (SSSR count). The molecule has 0 amide bonds. The first-order chi connectivity index (χ1) is 13.5. The summed E-state index contributed by atoms with van der Waals surface area (Å²) in [6.45, 7) is 3.03. The van der Waals surface area contributed by atoms with Gasteiger partial charge in [-0.1, -0.05) is 35.9 Å². The van der Waals surface area contributed by atoms with Crippen molar-refractivity contribution >= 4 is 22.4 Å². The number of aliphatic hydroxyl groups excluding tert-OH is 1. The van der Waals surface area contributed by atoms with Gasteiger partial charge in [-0.3, -0.25) is 0 Å². The molecule has 3 aromatic rings. The second-order valence-corrected chi connectivity index (χ2v) is 7.23. The molecule has 0 atom stereocenters. The van der Waals surface area contributed by atoms with Gasteiger partial charge < -0.3 is 15.3 Å². The van der Waals surface area contributed by atoms with Crippen molar-refractivity contribution in [2.45, 2.75) is 25.8 Å². The van der Waals surface area contributed by atoms with E-state index in [1.54, 1.807) is 18.2 Å². The Labute approximate surface area is 162 Å². The summed E-state index contributed by atoms with van der Waals surface area (Å²) in [5.74, 6) is -2.19. The van der Waals surface area contributed by atoms with E-state index in [0.29, 0.717) is 24.5 Å². The molecule has 2 heterocycles. The fourth-order valence-corrected chi connectivity index (χ4v) is 3.73. The van der Waals surface area contributed by atoms with Crippen LogP contribution in [0.2, 0.25) is 0 Å². The Hall–Kier alpha value is -2.73. The van der Waals surface area contributed by atoms with Gasteiger partial charge in [0.15, 0.2) is 0 Å². The van der Waals surface area contributed by atoms with E-state index in [1.165, 1.54) is 6.07 Å². The van der Waals surface area contributed by atoms with Crippen LogP contribution in [0.3, 0.4) is 0 Å². The third kappa shape index (κ3) is 3.52. The maximum Gasteiger partial charge on any atom is 0.275 e. The number of alkyl halides is 2. The Morgan fingerprint density at radius 1 is 1.18 bits per heavy atom. The Morgan fingerprint density at radius 2 is 2.00 bits per heavy atom. The van der Waals surface area contributed by atoms with Crippen molar-refractivity contribution in [3.05, 3.63) is 65.2 Å². The molecule has 0 radical (unpaired) electrons. The number of aliphatic hydroxyl groups is 1. The summed E-state index contributed by atoms with van der Waals surface area (Å²) in [5, 5.41) is 13.4. The third-order valence-electron chi connectivity index (χ3n) is 5.17. The first-order valence-corrected chi connectivity index (χ1v) is 9.45. The molecule has 0 saturated heterocycles. The highest BCUT2D eigenvalue weighted by molar-refractivity contribution is 5.93. The van der Waals surface area contributed by atoms with E-state index < -0.39 is 5.92 Å². The lowest BCUT2D eigenvalue weighted by molar-refractivity contribution is -0.00967. The molecule has 1 aliphatic heterocycles. The number of aromatic nitrogens is 1. The number of pyridine rings is 1. The lowest BCUT2D eigenvalue weighted by atomic mass is 10.0. The van der Waals surface area contributed by atoms with Gasteiger partial charge in [0, 0.05) is 48.8 Å². The Morgan fingerprint density at radius 3 is 2.82 bits per heavy atom. The van der Waals surface area contributed by atoms with E-state index in [2.05, 4.69) is 5.32 Å². The van der Waals surface area contributed by atoms with Crippen LogP contribution in [-0.2, 0) is 12.5 Å². The van der Waals surface area contributed by atoms with Crippen LogP contribution >= 0.6 is 0 Å². The molecule has 0 saturated carbocycles. The van der Waals surface area contributed by atoms with Crippen LogP contribution in [-0.4, -0.2) is 29.8 Å². The molecule has 4 nitrogen and oxygen atoms in total. The SMILES string of the molecule is Cc1ccc2nc(N3CCC(F)(F)c4ccccc4C3)cc(NCCO)c2c1. The molecule has 146 valence electrons. The fourth-order valence-electron chi connectivity index (χ4n) is 3.73. The van der Waals surface area contributed by atoms with Crippen molar-refractivity contribution in [1.29, 1.82) is 0 Å². The maximum atomic E-state index is 14.6. The largest absolute Gasteiger partial charge is 0.395 e. The monoisotopic (exact) mass is 383 g/mol. The number of anilines is 2. The maximum absolute atomic E-state index is 14.6. The van der Waals surface area contributed by atoms with Gasteiger partial charge in [-0.25, -0.2) is 13.8 Å². The second kappa shape index (κ2) is 7.36. The van der Waals surface area contributed by atoms with Gasteiger partial charge in [0.2, 0.25) is 0 Å². The predicted molar refractivity (Wildman–Crippen MR) is 108 cm³/mol. The number of halogens is 2. The molecule has 0 spiro atoms. The Bertz CT molecular complexity index is 1010. The summed E-state index contributed by atoms with van der Waals surface area (Å²) < 4.78 is 29.2. The third-order valence-corrected chi connectivity index (χ3v) is 5.17. The van der Waals surface area contributed by atoms with Crippen LogP contribution in [0.15, 0.2) is 48.5 Å². The summed E-state index contributed by atoms with van der Waals surface area (Å²) in [7, 11) is 0. The van der Waals surface area contributed by atoms with Crippen molar-refractivity contribution in [2.75, 3.05) is 29.9 Å². The highest BCUT2D eigenvalue weighted by atomic mass is 19.3. The van der Waals surface area contributed by atoms with Gasteiger partial charge in [-0.15, -0.1) is 0 Å². The molecule has 2 N–H and O–H groups in total. The van der Waals surface area contributed by atoms with Crippen molar-refractivity contribution < 1.29 is 13.9 Å². The van der Waals surface area contributed by atoms with Gasteiger partial charge in [-0.2, -0.15) is 0 Å². The molecular weight excluding hydrogens is 360 g/mol. The van der Waals surface area contributed by atoms with Crippen molar-refractivity contribution in [3.63, 3.8) is 0 Å². The van der Waals surface area contributed by atoms with Gasteiger partial charge in [0.05, 0.1) is 12.1 Å². The van der Waals surface area contributed by atoms with Crippen LogP contribution < -0.4 is 10.2 Å². The number of hydrogen-bond donors (Lipinski definition) is 2. The fraction of sp³-hybridized carbons (Fsp3) is 0.318. The zero-order valence-electron chi connectivity index (χ0n) is 15.8. The van der Waals surface area contributed by atoms with E-state index in [1.807, 2.05) is 36.1 Å². The average Bonchev–Trinajstić information content (AvgIpc) is 2.82. The van der Waals surface area contributed by atoms with Gasteiger partial charge in [0.25, 0.3) is 5.92 Å². The topological polar surface area (TPSA) is 48.4 Å². The minimum absolute atomic E-state index is 0.00821. The molecule has 0 fully saturated rings.